The van der Waals surface area contributed by atoms with Crippen LogP contribution in [0.4, 0.5) is 5.69 Å². The molecule has 0 aromatic heterocycles. The third-order valence-electron chi connectivity index (χ3n) is 7.27. The highest BCUT2D eigenvalue weighted by molar-refractivity contribution is 8.03. The minimum atomic E-state index is -0.807. The van der Waals surface area contributed by atoms with Crippen molar-refractivity contribution in [2.24, 2.45) is 16.8 Å². The highest BCUT2D eigenvalue weighted by Gasteiger charge is 2.60. The predicted octanol–water partition coefficient (Wildman–Crippen LogP) is 1.43. The fourth-order valence-electron chi connectivity index (χ4n) is 5.32. The fourth-order valence-corrected chi connectivity index (χ4v) is 6.83. The number of rotatable bonds is 7. The number of carbonyl (C=O) groups excluding carboxylic acids is 2. The summed E-state index contributed by atoms with van der Waals surface area (Å²) in [6.07, 6.45) is -0.807. The number of benzene rings is 1. The van der Waals surface area contributed by atoms with Crippen LogP contribution < -0.4 is 0 Å². The smallest absolute Gasteiger partial charge is 0.356 e. The molecule has 0 radical (unpaired) electrons. The number of carbonyl (C=O) groups is 2. The molecule has 2 saturated heterocycles. The first-order valence-electron chi connectivity index (χ1n) is 12.0. The second kappa shape index (κ2) is 9.40. The molecule has 4 heterocycles. The summed E-state index contributed by atoms with van der Waals surface area (Å²) in [5.74, 6) is -0.517. The Morgan fingerprint density at radius 3 is 2.61 bits per heavy atom. The number of likely N-dealkylation sites (N-methyl/N-ethyl adjacent to an activating group) is 1. The number of thioether (sulfide) groups is 1. The number of amides is 1. The second-order valence-electron chi connectivity index (χ2n) is 9.71. The molecule has 36 heavy (non-hydrogen) atoms. The number of aliphatic imine (C=N–C) groups is 1. The van der Waals surface area contributed by atoms with Crippen molar-refractivity contribution in [3.05, 3.63) is 50.5 Å². The summed E-state index contributed by atoms with van der Waals surface area (Å²) in [7, 11) is 2.03. The van der Waals surface area contributed by atoms with Crippen molar-refractivity contribution < 1.29 is 24.4 Å². The van der Waals surface area contributed by atoms with Crippen LogP contribution in [0.25, 0.3) is 0 Å². The van der Waals surface area contributed by atoms with Gasteiger partial charge in [-0.15, -0.1) is 11.8 Å². The minimum Gasteiger partial charge on any atom is -0.456 e. The van der Waals surface area contributed by atoms with E-state index in [1.807, 2.05) is 14.0 Å². The third-order valence-corrected chi connectivity index (χ3v) is 8.72. The molecule has 0 unspecified atom stereocenters. The summed E-state index contributed by atoms with van der Waals surface area (Å²) in [6.45, 7) is 6.84. The number of hydrogen-bond donors (Lipinski definition) is 1. The first-order valence-corrected chi connectivity index (χ1v) is 12.9. The zero-order chi connectivity index (χ0) is 25.7. The van der Waals surface area contributed by atoms with Crippen LogP contribution in [-0.2, 0) is 20.9 Å². The van der Waals surface area contributed by atoms with Gasteiger partial charge in [-0.2, -0.15) is 0 Å². The van der Waals surface area contributed by atoms with E-state index in [0.29, 0.717) is 5.56 Å². The molecule has 4 aliphatic heterocycles. The predicted molar refractivity (Wildman–Crippen MR) is 133 cm³/mol. The topological polar surface area (TPSA) is 129 Å². The molecule has 1 aromatic carbocycles. The fraction of sp³-hybridized carbons (Fsp3) is 0.542. The Kier molecular flexibility index (Phi) is 6.41. The highest BCUT2D eigenvalue weighted by Crippen LogP contribution is 2.52. The number of nitrogens with zero attached hydrogens (tertiary/aromatic N) is 5. The molecule has 0 saturated carbocycles. The Morgan fingerprint density at radius 2 is 2.03 bits per heavy atom. The average Bonchev–Trinajstić information content (AvgIpc) is 3.33. The number of ether oxygens (including phenoxy) is 1. The van der Waals surface area contributed by atoms with Crippen molar-refractivity contribution in [1.29, 1.82) is 0 Å². The Morgan fingerprint density at radius 1 is 1.33 bits per heavy atom. The van der Waals surface area contributed by atoms with Crippen LogP contribution in [0.3, 0.4) is 0 Å². The van der Waals surface area contributed by atoms with Gasteiger partial charge in [0.25, 0.3) is 5.69 Å². The molecule has 2 fully saturated rings. The molecule has 0 aliphatic carbocycles. The molecule has 12 heteroatoms. The van der Waals surface area contributed by atoms with Crippen molar-refractivity contribution in [3.63, 3.8) is 0 Å². The third kappa shape index (κ3) is 4.11. The summed E-state index contributed by atoms with van der Waals surface area (Å²) >= 11 is 1.61. The lowest BCUT2D eigenvalue weighted by atomic mass is 9.79. The van der Waals surface area contributed by atoms with Gasteiger partial charge in [0.1, 0.15) is 12.3 Å². The lowest BCUT2D eigenvalue weighted by Gasteiger charge is -2.46. The van der Waals surface area contributed by atoms with Crippen LogP contribution in [0.5, 0.6) is 0 Å². The summed E-state index contributed by atoms with van der Waals surface area (Å²) in [5, 5.41) is 21.3. The number of guanidine groups is 1. The number of nitro benzene ring substituents is 1. The van der Waals surface area contributed by atoms with Gasteiger partial charge in [-0.25, -0.2) is 4.79 Å². The number of esters is 1. The zero-order valence-electron chi connectivity index (χ0n) is 20.4. The first kappa shape index (κ1) is 24.6. The largest absolute Gasteiger partial charge is 0.456 e. The Labute approximate surface area is 212 Å². The quantitative estimate of drug-likeness (QED) is 0.248. The maximum atomic E-state index is 13.3. The standard InChI is InChI=1S/C24H29N5O6S/c1-13-19-18(14(2)30)22(31)28(19)20(23(32)35-12-15-4-6-16(7-5-15)29(33)34)21(13)36-17-10-27(11-17)24-25-8-9-26(24)3/h4-7,13-14,17-19,30H,8-12H2,1-3H3/t13-,14-,18-,19-/m1/s1. The number of likely N-dealkylation sites (tertiary alicyclic amines) is 1. The van der Waals surface area contributed by atoms with Gasteiger partial charge < -0.3 is 24.5 Å². The summed E-state index contributed by atoms with van der Waals surface area (Å²) in [5.41, 5.74) is 0.827. The number of aliphatic hydroxyl groups is 1. The summed E-state index contributed by atoms with van der Waals surface area (Å²) in [4.78, 5) is 47.8. The number of nitro groups is 1. The van der Waals surface area contributed by atoms with Crippen molar-refractivity contribution in [1.82, 2.24) is 14.7 Å². The zero-order valence-corrected chi connectivity index (χ0v) is 21.2. The minimum absolute atomic E-state index is 0.0430. The molecule has 1 aromatic rings. The van der Waals surface area contributed by atoms with Gasteiger partial charge in [-0.3, -0.25) is 19.9 Å². The SMILES string of the molecule is C[C@@H](O)[C@H]1C(=O)N2C(C(=O)OCc3ccc([N+](=O)[O-])cc3)=C(SC3CN(C4=NCCN4C)C3)[C@H](C)[C@H]12. The van der Waals surface area contributed by atoms with Gasteiger partial charge in [0, 0.05) is 54.9 Å². The van der Waals surface area contributed by atoms with E-state index >= 15 is 0 Å². The maximum absolute atomic E-state index is 13.3. The van der Waals surface area contributed by atoms with Gasteiger partial charge in [0.2, 0.25) is 5.91 Å². The molecule has 0 bridgehead atoms. The monoisotopic (exact) mass is 515 g/mol. The Hall–Kier alpha value is -3.12. The lowest BCUT2D eigenvalue weighted by Crippen LogP contribution is -2.63. The molecule has 4 atom stereocenters. The molecule has 1 N–H and O–H groups in total. The average molecular weight is 516 g/mol. The van der Waals surface area contributed by atoms with E-state index in [-0.39, 0.29) is 41.1 Å². The van der Waals surface area contributed by atoms with E-state index in [4.69, 9.17) is 4.74 Å². The molecule has 4 aliphatic rings. The number of aliphatic hydroxyl groups excluding tert-OH is 1. The molecular formula is C24H29N5O6S. The van der Waals surface area contributed by atoms with Crippen molar-refractivity contribution in [3.8, 4) is 0 Å². The molecule has 0 spiro atoms. The highest BCUT2D eigenvalue weighted by atomic mass is 32.2. The molecule has 1 amide bonds. The normalized spacial score (nSPS) is 26.4. The van der Waals surface area contributed by atoms with Gasteiger partial charge in [-0.1, -0.05) is 6.92 Å². The van der Waals surface area contributed by atoms with Crippen LogP contribution in [-0.4, -0.2) is 93.2 Å². The van der Waals surface area contributed by atoms with E-state index in [0.717, 1.165) is 37.0 Å². The van der Waals surface area contributed by atoms with Crippen LogP contribution in [0, 0.1) is 22.0 Å². The van der Waals surface area contributed by atoms with Crippen molar-refractivity contribution >= 4 is 35.3 Å². The van der Waals surface area contributed by atoms with Gasteiger partial charge >= 0.3 is 5.97 Å². The van der Waals surface area contributed by atoms with E-state index in [2.05, 4.69) is 14.8 Å². The van der Waals surface area contributed by atoms with Crippen LogP contribution in [0.2, 0.25) is 0 Å². The number of fused-ring (bicyclic) bond motifs is 1. The summed E-state index contributed by atoms with van der Waals surface area (Å²) < 4.78 is 5.56. The van der Waals surface area contributed by atoms with Crippen molar-refractivity contribution in [2.45, 2.75) is 37.9 Å². The lowest BCUT2D eigenvalue weighted by molar-refractivity contribution is -0.384. The van der Waals surface area contributed by atoms with E-state index in [1.54, 1.807) is 30.8 Å². The molecule has 11 nitrogen and oxygen atoms in total. The van der Waals surface area contributed by atoms with Gasteiger partial charge in [0.05, 0.1) is 29.5 Å². The summed E-state index contributed by atoms with van der Waals surface area (Å²) in [6, 6.07) is 5.53. The van der Waals surface area contributed by atoms with Gasteiger partial charge in [0.15, 0.2) is 5.96 Å². The second-order valence-corrected chi connectivity index (χ2v) is 11.1. The first-order chi connectivity index (χ1) is 17.2. The van der Waals surface area contributed by atoms with Crippen LogP contribution in [0.1, 0.15) is 19.4 Å². The van der Waals surface area contributed by atoms with E-state index in [1.165, 1.54) is 17.0 Å². The Balaban J connectivity index is 1.31. The molecular weight excluding hydrogens is 486 g/mol. The molecule has 5 rings (SSSR count). The molecule has 192 valence electrons. The maximum Gasteiger partial charge on any atom is 0.356 e. The van der Waals surface area contributed by atoms with Crippen LogP contribution >= 0.6 is 11.8 Å². The van der Waals surface area contributed by atoms with Gasteiger partial charge in [-0.05, 0) is 24.6 Å². The van der Waals surface area contributed by atoms with Crippen molar-refractivity contribution in [2.75, 3.05) is 33.2 Å². The van der Waals surface area contributed by atoms with Crippen LogP contribution in [0.15, 0.2) is 39.9 Å². The number of non-ortho nitro benzene ring substituents is 1. The van der Waals surface area contributed by atoms with E-state index in [9.17, 15) is 24.8 Å². The Bertz CT molecular complexity index is 1150. The number of β-lactam (4-membered cyclic amide) rings is 1. The van der Waals surface area contributed by atoms with E-state index < -0.39 is 22.9 Å². The number of hydrogen-bond acceptors (Lipinski definition) is 10.